The standard InChI is InChI=1S/C11H21Br/c1-8-7-9(11(2,3)4)5-6-10(8)12/h8-10H,5-7H2,1-4H3/t8-,9-,10+/m1/s1. The van der Waals surface area contributed by atoms with Crippen LogP contribution in [0.1, 0.15) is 47.0 Å². The van der Waals surface area contributed by atoms with Gasteiger partial charge in [0, 0.05) is 4.83 Å². The summed E-state index contributed by atoms with van der Waals surface area (Å²) in [5.74, 6) is 1.80. The third-order valence-electron chi connectivity index (χ3n) is 3.29. The highest BCUT2D eigenvalue weighted by Gasteiger charge is 2.32. The van der Waals surface area contributed by atoms with Gasteiger partial charge in [0.05, 0.1) is 0 Å². The third kappa shape index (κ3) is 2.48. The predicted molar refractivity (Wildman–Crippen MR) is 58.7 cm³/mol. The molecule has 1 fully saturated rings. The average Bonchev–Trinajstić information content (AvgIpc) is 1.92. The van der Waals surface area contributed by atoms with Gasteiger partial charge in [0.25, 0.3) is 0 Å². The lowest BCUT2D eigenvalue weighted by Crippen LogP contribution is -2.30. The molecule has 0 heterocycles. The summed E-state index contributed by atoms with van der Waals surface area (Å²) < 4.78 is 0. The maximum Gasteiger partial charge on any atom is 0.0171 e. The fourth-order valence-corrected chi connectivity index (χ4v) is 2.63. The van der Waals surface area contributed by atoms with E-state index in [4.69, 9.17) is 0 Å². The minimum atomic E-state index is 0.515. The topological polar surface area (TPSA) is 0 Å². The SMILES string of the molecule is C[C@@H]1C[C@H](C(C)(C)C)CC[C@@H]1Br. The third-order valence-corrected chi connectivity index (χ3v) is 4.65. The van der Waals surface area contributed by atoms with Gasteiger partial charge in [-0.15, -0.1) is 0 Å². The Morgan fingerprint density at radius 2 is 1.75 bits per heavy atom. The summed E-state index contributed by atoms with van der Waals surface area (Å²) in [5.41, 5.74) is 0.515. The van der Waals surface area contributed by atoms with Crippen molar-refractivity contribution in [2.24, 2.45) is 17.3 Å². The molecule has 1 saturated carbocycles. The van der Waals surface area contributed by atoms with E-state index in [2.05, 4.69) is 43.6 Å². The molecule has 0 unspecified atom stereocenters. The molecular weight excluding hydrogens is 212 g/mol. The molecule has 0 aromatic rings. The van der Waals surface area contributed by atoms with Crippen molar-refractivity contribution in [3.05, 3.63) is 0 Å². The maximum absolute atomic E-state index is 3.75. The monoisotopic (exact) mass is 232 g/mol. The van der Waals surface area contributed by atoms with Gasteiger partial charge < -0.3 is 0 Å². The lowest BCUT2D eigenvalue weighted by molar-refractivity contribution is 0.153. The first-order chi connectivity index (χ1) is 5.41. The molecule has 1 heteroatoms. The van der Waals surface area contributed by atoms with Gasteiger partial charge in [-0.1, -0.05) is 43.6 Å². The Bertz CT molecular complexity index is 146. The first-order valence-corrected chi connectivity index (χ1v) is 5.97. The van der Waals surface area contributed by atoms with Crippen molar-refractivity contribution in [3.63, 3.8) is 0 Å². The highest BCUT2D eigenvalue weighted by Crippen LogP contribution is 2.42. The van der Waals surface area contributed by atoms with Crippen LogP contribution in [-0.4, -0.2) is 4.83 Å². The van der Waals surface area contributed by atoms with Crippen molar-refractivity contribution in [2.45, 2.75) is 51.8 Å². The van der Waals surface area contributed by atoms with Crippen molar-refractivity contribution < 1.29 is 0 Å². The van der Waals surface area contributed by atoms with Crippen LogP contribution in [0, 0.1) is 17.3 Å². The largest absolute Gasteiger partial charge is 0.0888 e. The molecule has 0 spiro atoms. The smallest absolute Gasteiger partial charge is 0.0171 e. The van der Waals surface area contributed by atoms with E-state index in [-0.39, 0.29) is 0 Å². The molecule has 0 N–H and O–H groups in total. The van der Waals surface area contributed by atoms with Crippen LogP contribution in [0.25, 0.3) is 0 Å². The Kier molecular flexibility index (Phi) is 3.25. The van der Waals surface area contributed by atoms with Gasteiger partial charge in [0.2, 0.25) is 0 Å². The molecule has 0 aliphatic heterocycles. The molecule has 0 nitrogen and oxygen atoms in total. The van der Waals surface area contributed by atoms with Gasteiger partial charge in [0.15, 0.2) is 0 Å². The van der Waals surface area contributed by atoms with Gasteiger partial charge in [-0.25, -0.2) is 0 Å². The molecule has 3 atom stereocenters. The molecule has 0 saturated heterocycles. The van der Waals surface area contributed by atoms with Gasteiger partial charge in [-0.05, 0) is 36.5 Å². The number of rotatable bonds is 0. The zero-order valence-electron chi connectivity index (χ0n) is 8.73. The van der Waals surface area contributed by atoms with Gasteiger partial charge in [-0.3, -0.25) is 0 Å². The molecular formula is C11H21Br. The van der Waals surface area contributed by atoms with Crippen LogP contribution in [-0.2, 0) is 0 Å². The molecule has 12 heavy (non-hydrogen) atoms. The Hall–Kier alpha value is 0.480. The van der Waals surface area contributed by atoms with E-state index in [1.165, 1.54) is 19.3 Å². The molecule has 0 bridgehead atoms. The summed E-state index contributed by atoms with van der Waals surface area (Å²) in [5, 5.41) is 0. The quantitative estimate of drug-likeness (QED) is 0.549. The molecule has 1 aliphatic carbocycles. The van der Waals surface area contributed by atoms with Crippen LogP contribution in [0.5, 0.6) is 0 Å². The van der Waals surface area contributed by atoms with Crippen LogP contribution in [0.4, 0.5) is 0 Å². The van der Waals surface area contributed by atoms with Crippen LogP contribution in [0.15, 0.2) is 0 Å². The fourth-order valence-electron chi connectivity index (χ4n) is 2.15. The summed E-state index contributed by atoms with van der Waals surface area (Å²) in [6.45, 7) is 9.49. The molecule has 1 rings (SSSR count). The second-order valence-electron chi connectivity index (χ2n) is 5.37. The van der Waals surface area contributed by atoms with Crippen LogP contribution in [0.3, 0.4) is 0 Å². The lowest BCUT2D eigenvalue weighted by atomic mass is 9.69. The highest BCUT2D eigenvalue weighted by atomic mass is 79.9. The Labute approximate surface area is 85.3 Å². The Morgan fingerprint density at radius 1 is 1.17 bits per heavy atom. The highest BCUT2D eigenvalue weighted by molar-refractivity contribution is 9.09. The predicted octanol–water partition coefficient (Wildman–Crippen LogP) is 4.23. The first kappa shape index (κ1) is 10.6. The van der Waals surface area contributed by atoms with Crippen LogP contribution < -0.4 is 0 Å². The van der Waals surface area contributed by atoms with E-state index in [0.29, 0.717) is 5.41 Å². The van der Waals surface area contributed by atoms with E-state index in [1.54, 1.807) is 0 Å². The average molecular weight is 233 g/mol. The number of hydrogen-bond donors (Lipinski definition) is 0. The van der Waals surface area contributed by atoms with E-state index in [1.807, 2.05) is 0 Å². The summed E-state index contributed by atoms with van der Waals surface area (Å²) >= 11 is 3.75. The summed E-state index contributed by atoms with van der Waals surface area (Å²) in [6.07, 6.45) is 4.17. The van der Waals surface area contributed by atoms with Crippen molar-refractivity contribution in [1.29, 1.82) is 0 Å². The second kappa shape index (κ2) is 3.69. The van der Waals surface area contributed by atoms with Crippen molar-refractivity contribution in [3.8, 4) is 0 Å². The van der Waals surface area contributed by atoms with E-state index in [0.717, 1.165) is 16.7 Å². The van der Waals surface area contributed by atoms with Gasteiger partial charge in [0.1, 0.15) is 0 Å². The number of hydrogen-bond acceptors (Lipinski definition) is 0. The van der Waals surface area contributed by atoms with Crippen molar-refractivity contribution in [2.75, 3.05) is 0 Å². The van der Waals surface area contributed by atoms with E-state index >= 15 is 0 Å². The van der Waals surface area contributed by atoms with E-state index < -0.39 is 0 Å². The van der Waals surface area contributed by atoms with Crippen LogP contribution >= 0.6 is 15.9 Å². The lowest BCUT2D eigenvalue weighted by Gasteiger charge is -2.38. The molecule has 1 aliphatic rings. The molecule has 0 aromatic heterocycles. The maximum atomic E-state index is 3.75. The normalized spacial score (nSPS) is 38.2. The van der Waals surface area contributed by atoms with Crippen LogP contribution in [0.2, 0.25) is 0 Å². The van der Waals surface area contributed by atoms with Crippen molar-refractivity contribution >= 4 is 15.9 Å². The first-order valence-electron chi connectivity index (χ1n) is 5.05. The summed E-state index contributed by atoms with van der Waals surface area (Å²) in [6, 6.07) is 0. The van der Waals surface area contributed by atoms with Gasteiger partial charge >= 0.3 is 0 Å². The molecule has 72 valence electrons. The molecule has 0 radical (unpaired) electrons. The number of halogens is 1. The summed E-state index contributed by atoms with van der Waals surface area (Å²) in [4.78, 5) is 0.774. The fraction of sp³-hybridized carbons (Fsp3) is 1.00. The van der Waals surface area contributed by atoms with Gasteiger partial charge in [-0.2, -0.15) is 0 Å². The zero-order chi connectivity index (χ0) is 9.35. The Balaban J connectivity index is 2.51. The zero-order valence-corrected chi connectivity index (χ0v) is 10.3. The van der Waals surface area contributed by atoms with E-state index in [9.17, 15) is 0 Å². The molecule has 0 amide bonds. The Morgan fingerprint density at radius 3 is 2.17 bits per heavy atom. The minimum absolute atomic E-state index is 0.515. The second-order valence-corrected chi connectivity index (χ2v) is 6.55. The van der Waals surface area contributed by atoms with Crippen molar-refractivity contribution in [1.82, 2.24) is 0 Å². The number of alkyl halides is 1. The molecule has 0 aromatic carbocycles. The minimum Gasteiger partial charge on any atom is -0.0888 e. The summed E-state index contributed by atoms with van der Waals surface area (Å²) in [7, 11) is 0.